The number of carbonyl (C=O) groups excluding carboxylic acids is 2. The summed E-state index contributed by atoms with van der Waals surface area (Å²) in [7, 11) is 3.03. The van der Waals surface area contributed by atoms with Gasteiger partial charge in [0.05, 0.1) is 20.2 Å². The Morgan fingerprint density at radius 2 is 1.96 bits per heavy atom. The Hall–Kier alpha value is -2.29. The number of alkyl halides is 3. The van der Waals surface area contributed by atoms with E-state index in [2.05, 4.69) is 5.32 Å². The van der Waals surface area contributed by atoms with Gasteiger partial charge in [0, 0.05) is 17.8 Å². The van der Waals surface area contributed by atoms with Crippen molar-refractivity contribution < 1.29 is 27.5 Å². The van der Waals surface area contributed by atoms with Gasteiger partial charge in [-0.15, -0.1) is 0 Å². The summed E-state index contributed by atoms with van der Waals surface area (Å²) >= 11 is 0. The van der Waals surface area contributed by atoms with Crippen LogP contribution in [0.2, 0.25) is 0 Å². The van der Waals surface area contributed by atoms with E-state index in [9.17, 15) is 22.8 Å². The molecule has 156 valence electrons. The minimum Gasteiger partial charge on any atom is -0.497 e. The fraction of sp³-hybridized carbons (Fsp3) is 0.579. The van der Waals surface area contributed by atoms with Crippen LogP contribution in [0.1, 0.15) is 19.8 Å². The topological polar surface area (TPSA) is 61.9 Å². The second-order valence-corrected chi connectivity index (χ2v) is 7.17. The Bertz CT molecular complexity index is 692. The molecule has 1 fully saturated rings. The van der Waals surface area contributed by atoms with Crippen molar-refractivity contribution in [2.24, 2.45) is 5.92 Å². The van der Waals surface area contributed by atoms with Crippen molar-refractivity contribution in [2.45, 2.75) is 32.0 Å². The number of hydrogen-bond acceptors (Lipinski definition) is 4. The summed E-state index contributed by atoms with van der Waals surface area (Å²) in [5.41, 5.74) is 0.533. The minimum atomic E-state index is -4.46. The molecule has 0 unspecified atom stereocenters. The maximum atomic E-state index is 12.9. The molecule has 1 atom stereocenters. The van der Waals surface area contributed by atoms with Gasteiger partial charge in [-0.3, -0.25) is 14.5 Å². The molecular weight excluding hydrogens is 375 g/mol. The SMILES string of the molecule is COc1cccc(NC(=O)CN(C)CC(=O)N(CC(F)(F)F)[C@H](C)C2CC2)c1. The number of nitrogens with zero attached hydrogens (tertiary/aromatic N) is 2. The maximum absolute atomic E-state index is 12.9. The summed E-state index contributed by atoms with van der Waals surface area (Å²) in [5, 5.41) is 2.67. The van der Waals surface area contributed by atoms with Gasteiger partial charge in [-0.25, -0.2) is 0 Å². The maximum Gasteiger partial charge on any atom is 0.406 e. The molecule has 28 heavy (non-hydrogen) atoms. The first kappa shape index (κ1) is 22.0. The number of likely N-dealkylation sites (N-methyl/N-ethyl adjacent to an activating group) is 1. The van der Waals surface area contributed by atoms with Crippen LogP contribution < -0.4 is 10.1 Å². The lowest BCUT2D eigenvalue weighted by Crippen LogP contribution is -2.49. The minimum absolute atomic E-state index is 0.118. The summed E-state index contributed by atoms with van der Waals surface area (Å²) in [5.74, 6) is -0.305. The van der Waals surface area contributed by atoms with E-state index in [0.717, 1.165) is 17.7 Å². The predicted molar refractivity (Wildman–Crippen MR) is 99.1 cm³/mol. The van der Waals surface area contributed by atoms with Crippen LogP contribution in [0.25, 0.3) is 0 Å². The summed E-state index contributed by atoms with van der Waals surface area (Å²) < 4.78 is 43.7. The molecule has 1 aromatic carbocycles. The zero-order valence-electron chi connectivity index (χ0n) is 16.3. The number of anilines is 1. The molecule has 1 N–H and O–H groups in total. The average Bonchev–Trinajstić information content (AvgIpc) is 3.43. The molecule has 0 spiro atoms. The molecule has 0 saturated heterocycles. The number of nitrogens with one attached hydrogen (secondary N) is 1. The van der Waals surface area contributed by atoms with Gasteiger partial charge in [-0.05, 0) is 44.9 Å². The number of methoxy groups -OCH3 is 1. The summed E-state index contributed by atoms with van der Waals surface area (Å²) in [6.45, 7) is -0.0105. The smallest absolute Gasteiger partial charge is 0.406 e. The second-order valence-electron chi connectivity index (χ2n) is 7.17. The van der Waals surface area contributed by atoms with Gasteiger partial charge in [-0.2, -0.15) is 13.2 Å². The normalized spacial score (nSPS) is 15.2. The number of carbonyl (C=O) groups is 2. The zero-order chi connectivity index (χ0) is 20.9. The van der Waals surface area contributed by atoms with Crippen molar-refractivity contribution >= 4 is 17.5 Å². The van der Waals surface area contributed by atoms with Gasteiger partial charge < -0.3 is 15.0 Å². The Morgan fingerprint density at radius 1 is 1.29 bits per heavy atom. The lowest BCUT2D eigenvalue weighted by atomic mass is 10.1. The Kier molecular flexibility index (Phi) is 7.29. The zero-order valence-corrected chi connectivity index (χ0v) is 16.3. The molecule has 9 heteroatoms. The average molecular weight is 401 g/mol. The highest BCUT2D eigenvalue weighted by Crippen LogP contribution is 2.36. The first-order valence-electron chi connectivity index (χ1n) is 9.07. The molecule has 1 aliphatic rings. The summed E-state index contributed by atoms with van der Waals surface area (Å²) in [6.07, 6.45) is -2.79. The van der Waals surface area contributed by atoms with E-state index in [4.69, 9.17) is 4.74 Å². The lowest BCUT2D eigenvalue weighted by Gasteiger charge is -2.31. The standard InChI is InChI=1S/C19H26F3N3O3/c1-13(14-7-8-14)25(12-19(20,21)22)18(27)11-24(2)10-17(26)23-15-5-4-6-16(9-15)28-3/h4-6,9,13-14H,7-8,10-12H2,1-3H3,(H,23,26)/t13-/m1/s1. The molecule has 0 bridgehead atoms. The molecule has 2 rings (SSSR count). The first-order valence-corrected chi connectivity index (χ1v) is 9.07. The molecule has 6 nitrogen and oxygen atoms in total. The highest BCUT2D eigenvalue weighted by Gasteiger charge is 2.40. The molecule has 2 amide bonds. The van der Waals surface area contributed by atoms with Gasteiger partial charge in [0.1, 0.15) is 12.3 Å². The second kappa shape index (κ2) is 9.27. The van der Waals surface area contributed by atoms with E-state index in [-0.39, 0.29) is 24.9 Å². The fourth-order valence-corrected chi connectivity index (χ4v) is 3.01. The van der Waals surface area contributed by atoms with Crippen LogP contribution in [-0.4, -0.2) is 67.6 Å². The molecule has 0 aliphatic heterocycles. The van der Waals surface area contributed by atoms with E-state index < -0.39 is 24.7 Å². The monoisotopic (exact) mass is 401 g/mol. The third kappa shape index (κ3) is 7.03. The molecule has 1 saturated carbocycles. The number of rotatable bonds is 9. The number of benzene rings is 1. The van der Waals surface area contributed by atoms with Crippen molar-refractivity contribution in [3.63, 3.8) is 0 Å². The van der Waals surface area contributed by atoms with Crippen LogP contribution in [0.4, 0.5) is 18.9 Å². The van der Waals surface area contributed by atoms with Crippen molar-refractivity contribution in [2.75, 3.05) is 39.1 Å². The Morgan fingerprint density at radius 3 is 2.54 bits per heavy atom. The van der Waals surface area contributed by atoms with Crippen molar-refractivity contribution in [3.8, 4) is 5.75 Å². The fourth-order valence-electron chi connectivity index (χ4n) is 3.01. The number of ether oxygens (including phenoxy) is 1. The molecule has 1 aliphatic carbocycles. The predicted octanol–water partition coefficient (Wildman–Crippen LogP) is 2.75. The third-order valence-electron chi connectivity index (χ3n) is 4.64. The molecule has 1 aromatic rings. The van der Waals surface area contributed by atoms with Gasteiger partial charge in [0.15, 0.2) is 0 Å². The van der Waals surface area contributed by atoms with Gasteiger partial charge >= 0.3 is 6.18 Å². The summed E-state index contributed by atoms with van der Waals surface area (Å²) in [6, 6.07) is 6.32. The highest BCUT2D eigenvalue weighted by atomic mass is 19.4. The van der Waals surface area contributed by atoms with Crippen LogP contribution in [-0.2, 0) is 9.59 Å². The van der Waals surface area contributed by atoms with Gasteiger partial charge in [0.25, 0.3) is 0 Å². The Balaban J connectivity index is 1.90. The van der Waals surface area contributed by atoms with Crippen molar-refractivity contribution in [3.05, 3.63) is 24.3 Å². The van der Waals surface area contributed by atoms with Gasteiger partial charge in [-0.1, -0.05) is 6.07 Å². The van der Waals surface area contributed by atoms with E-state index >= 15 is 0 Å². The van der Waals surface area contributed by atoms with Crippen LogP contribution in [0.3, 0.4) is 0 Å². The van der Waals surface area contributed by atoms with Crippen LogP contribution >= 0.6 is 0 Å². The van der Waals surface area contributed by atoms with Crippen LogP contribution in [0, 0.1) is 5.92 Å². The van der Waals surface area contributed by atoms with Crippen molar-refractivity contribution in [1.82, 2.24) is 9.80 Å². The number of amides is 2. The highest BCUT2D eigenvalue weighted by molar-refractivity contribution is 5.92. The quantitative estimate of drug-likeness (QED) is 0.691. The van der Waals surface area contributed by atoms with E-state index in [0.29, 0.717) is 11.4 Å². The van der Waals surface area contributed by atoms with E-state index in [1.165, 1.54) is 19.1 Å². The molecular formula is C19H26F3N3O3. The van der Waals surface area contributed by atoms with E-state index in [1.54, 1.807) is 31.2 Å². The van der Waals surface area contributed by atoms with Crippen LogP contribution in [0.15, 0.2) is 24.3 Å². The van der Waals surface area contributed by atoms with Crippen LogP contribution in [0.5, 0.6) is 5.75 Å². The lowest BCUT2D eigenvalue weighted by molar-refractivity contribution is -0.166. The van der Waals surface area contributed by atoms with Crippen molar-refractivity contribution in [1.29, 1.82) is 0 Å². The van der Waals surface area contributed by atoms with E-state index in [1.807, 2.05) is 0 Å². The number of halogens is 3. The molecule has 0 heterocycles. The largest absolute Gasteiger partial charge is 0.497 e. The Labute approximate surface area is 162 Å². The van der Waals surface area contributed by atoms with Gasteiger partial charge in [0.2, 0.25) is 11.8 Å². The third-order valence-corrected chi connectivity index (χ3v) is 4.64. The first-order chi connectivity index (χ1) is 13.1. The molecule has 0 aromatic heterocycles. The summed E-state index contributed by atoms with van der Waals surface area (Å²) in [4.78, 5) is 26.9. The number of hydrogen-bond donors (Lipinski definition) is 1. The molecule has 0 radical (unpaired) electrons.